The largest absolute Gasteiger partial charge is 0.312 e. The summed E-state index contributed by atoms with van der Waals surface area (Å²) in [5.41, 5.74) is 0.322. The second-order valence-corrected chi connectivity index (χ2v) is 6.66. The van der Waals surface area contributed by atoms with Gasteiger partial charge in [-0.2, -0.15) is 0 Å². The predicted octanol–water partition coefficient (Wildman–Crippen LogP) is 1.54. The van der Waals surface area contributed by atoms with Crippen LogP contribution in [0.1, 0.15) is 39.5 Å². The molecule has 2 saturated heterocycles. The van der Waals surface area contributed by atoms with Crippen molar-refractivity contribution in [3.8, 4) is 0 Å². The molecule has 2 rings (SSSR count). The first kappa shape index (κ1) is 13.3. The molecule has 2 heterocycles. The fourth-order valence-corrected chi connectivity index (χ4v) is 3.39. The van der Waals surface area contributed by atoms with E-state index >= 15 is 0 Å². The molecule has 1 N–H and O–H groups in total. The quantitative estimate of drug-likeness (QED) is 0.788. The van der Waals surface area contributed by atoms with Gasteiger partial charge >= 0.3 is 0 Å². The highest BCUT2D eigenvalue weighted by atomic mass is 15.2. The van der Waals surface area contributed by atoms with Crippen LogP contribution in [0.15, 0.2) is 0 Å². The Morgan fingerprint density at radius 1 is 1.12 bits per heavy atom. The Hall–Kier alpha value is -0.120. The lowest BCUT2D eigenvalue weighted by Gasteiger charge is -2.45. The van der Waals surface area contributed by atoms with E-state index in [4.69, 9.17) is 0 Å². The molecule has 0 amide bonds. The first-order valence-corrected chi connectivity index (χ1v) is 7.13. The van der Waals surface area contributed by atoms with Crippen LogP contribution < -0.4 is 5.32 Å². The van der Waals surface area contributed by atoms with E-state index in [1.165, 1.54) is 45.3 Å². The van der Waals surface area contributed by atoms with Crippen molar-refractivity contribution in [1.82, 2.24) is 15.1 Å². The SMILES string of the molecule is CN1CCC(N(C)C2CCNC(C)(C)C2)CC1. The molecular weight excluding hydrogens is 210 g/mol. The van der Waals surface area contributed by atoms with E-state index in [0.29, 0.717) is 5.54 Å². The number of piperidine rings is 2. The summed E-state index contributed by atoms with van der Waals surface area (Å²) in [6.45, 7) is 8.38. The summed E-state index contributed by atoms with van der Waals surface area (Å²) in [4.78, 5) is 5.13. The lowest BCUT2D eigenvalue weighted by Crippen LogP contribution is -2.55. The molecule has 0 aromatic rings. The number of nitrogens with zero attached hydrogens (tertiary/aromatic N) is 2. The van der Waals surface area contributed by atoms with Crippen molar-refractivity contribution >= 4 is 0 Å². The highest BCUT2D eigenvalue weighted by molar-refractivity contribution is 4.92. The molecule has 3 heteroatoms. The van der Waals surface area contributed by atoms with Gasteiger partial charge in [0.05, 0.1) is 0 Å². The summed E-state index contributed by atoms with van der Waals surface area (Å²) in [5.74, 6) is 0. The number of hydrogen-bond donors (Lipinski definition) is 1. The van der Waals surface area contributed by atoms with E-state index in [1.54, 1.807) is 0 Å². The average molecular weight is 239 g/mol. The minimum Gasteiger partial charge on any atom is -0.312 e. The normalized spacial score (nSPS) is 31.9. The van der Waals surface area contributed by atoms with E-state index in [9.17, 15) is 0 Å². The van der Waals surface area contributed by atoms with Crippen LogP contribution in [-0.2, 0) is 0 Å². The number of hydrogen-bond acceptors (Lipinski definition) is 3. The average Bonchev–Trinajstić information content (AvgIpc) is 2.28. The standard InChI is InChI=1S/C14H29N3/c1-14(2)11-13(5-8-15-14)17(4)12-6-9-16(3)10-7-12/h12-13,15H,5-11H2,1-4H3. The lowest BCUT2D eigenvalue weighted by atomic mass is 9.87. The van der Waals surface area contributed by atoms with Gasteiger partial charge in [-0.1, -0.05) is 0 Å². The maximum absolute atomic E-state index is 3.62. The molecule has 17 heavy (non-hydrogen) atoms. The van der Waals surface area contributed by atoms with Crippen molar-refractivity contribution in [2.24, 2.45) is 0 Å². The third-order valence-electron chi connectivity index (χ3n) is 4.67. The second-order valence-electron chi connectivity index (χ2n) is 6.66. The van der Waals surface area contributed by atoms with Gasteiger partial charge in [0.1, 0.15) is 0 Å². The summed E-state index contributed by atoms with van der Waals surface area (Å²) in [6, 6.07) is 1.59. The molecule has 2 aliphatic rings. The van der Waals surface area contributed by atoms with E-state index in [0.717, 1.165) is 12.1 Å². The summed E-state index contributed by atoms with van der Waals surface area (Å²) in [6.07, 6.45) is 5.29. The Balaban J connectivity index is 1.88. The first-order chi connectivity index (χ1) is 7.98. The molecule has 0 aromatic carbocycles. The smallest absolute Gasteiger partial charge is 0.0140 e. The topological polar surface area (TPSA) is 18.5 Å². The van der Waals surface area contributed by atoms with Gasteiger partial charge < -0.3 is 15.1 Å². The van der Waals surface area contributed by atoms with Gasteiger partial charge in [0.2, 0.25) is 0 Å². The third kappa shape index (κ3) is 3.43. The maximum Gasteiger partial charge on any atom is 0.0140 e. The van der Waals surface area contributed by atoms with Crippen LogP contribution in [0, 0.1) is 0 Å². The van der Waals surface area contributed by atoms with Crippen LogP contribution in [0.25, 0.3) is 0 Å². The van der Waals surface area contributed by atoms with Crippen LogP contribution in [0.2, 0.25) is 0 Å². The lowest BCUT2D eigenvalue weighted by molar-refractivity contribution is 0.0701. The fourth-order valence-electron chi connectivity index (χ4n) is 3.39. The minimum absolute atomic E-state index is 0.322. The number of rotatable bonds is 2. The van der Waals surface area contributed by atoms with E-state index in [2.05, 4.69) is 43.1 Å². The van der Waals surface area contributed by atoms with Crippen molar-refractivity contribution in [2.45, 2.75) is 57.2 Å². The van der Waals surface area contributed by atoms with E-state index < -0.39 is 0 Å². The Morgan fingerprint density at radius 3 is 2.35 bits per heavy atom. The van der Waals surface area contributed by atoms with Gasteiger partial charge in [-0.25, -0.2) is 0 Å². The first-order valence-electron chi connectivity index (χ1n) is 7.13. The van der Waals surface area contributed by atoms with Crippen LogP contribution in [0.5, 0.6) is 0 Å². The fraction of sp³-hybridized carbons (Fsp3) is 1.00. The van der Waals surface area contributed by atoms with Gasteiger partial charge in [-0.3, -0.25) is 0 Å². The van der Waals surface area contributed by atoms with Gasteiger partial charge in [0.15, 0.2) is 0 Å². The van der Waals surface area contributed by atoms with Crippen LogP contribution >= 0.6 is 0 Å². The van der Waals surface area contributed by atoms with Gasteiger partial charge in [0, 0.05) is 17.6 Å². The molecule has 0 radical (unpaired) electrons. The second kappa shape index (κ2) is 5.25. The van der Waals surface area contributed by atoms with Crippen molar-refractivity contribution in [3.05, 3.63) is 0 Å². The number of nitrogens with one attached hydrogen (secondary N) is 1. The van der Waals surface area contributed by atoms with Gasteiger partial charge in [0.25, 0.3) is 0 Å². The Morgan fingerprint density at radius 2 is 1.76 bits per heavy atom. The monoisotopic (exact) mass is 239 g/mol. The summed E-state index contributed by atoms with van der Waals surface area (Å²) in [5, 5.41) is 3.62. The third-order valence-corrected chi connectivity index (χ3v) is 4.67. The highest BCUT2D eigenvalue weighted by Crippen LogP contribution is 2.26. The molecule has 0 spiro atoms. The Bertz CT molecular complexity index is 244. The minimum atomic E-state index is 0.322. The molecular formula is C14H29N3. The molecule has 2 aliphatic heterocycles. The maximum atomic E-state index is 3.62. The molecule has 0 bridgehead atoms. The van der Waals surface area contributed by atoms with Gasteiger partial charge in [-0.05, 0) is 73.3 Å². The van der Waals surface area contributed by atoms with Crippen molar-refractivity contribution in [1.29, 1.82) is 0 Å². The van der Waals surface area contributed by atoms with Crippen molar-refractivity contribution < 1.29 is 0 Å². The summed E-state index contributed by atoms with van der Waals surface area (Å²) < 4.78 is 0. The van der Waals surface area contributed by atoms with E-state index in [1.807, 2.05) is 0 Å². The van der Waals surface area contributed by atoms with Crippen LogP contribution in [0.3, 0.4) is 0 Å². The molecule has 0 saturated carbocycles. The summed E-state index contributed by atoms with van der Waals surface area (Å²) in [7, 11) is 4.59. The highest BCUT2D eigenvalue weighted by Gasteiger charge is 2.32. The van der Waals surface area contributed by atoms with E-state index in [-0.39, 0.29) is 0 Å². The summed E-state index contributed by atoms with van der Waals surface area (Å²) >= 11 is 0. The Kier molecular flexibility index (Phi) is 4.11. The zero-order valence-corrected chi connectivity index (χ0v) is 12.0. The molecule has 0 aliphatic carbocycles. The van der Waals surface area contributed by atoms with Crippen molar-refractivity contribution in [2.75, 3.05) is 33.7 Å². The van der Waals surface area contributed by atoms with Crippen LogP contribution in [-0.4, -0.2) is 61.2 Å². The molecule has 1 atom stereocenters. The molecule has 100 valence electrons. The van der Waals surface area contributed by atoms with Crippen molar-refractivity contribution in [3.63, 3.8) is 0 Å². The molecule has 3 nitrogen and oxygen atoms in total. The predicted molar refractivity (Wildman–Crippen MR) is 73.4 cm³/mol. The molecule has 0 aromatic heterocycles. The van der Waals surface area contributed by atoms with Crippen LogP contribution in [0.4, 0.5) is 0 Å². The zero-order chi connectivity index (χ0) is 12.5. The molecule has 1 unspecified atom stereocenters. The Labute approximate surface area is 107 Å². The zero-order valence-electron chi connectivity index (χ0n) is 12.0. The van der Waals surface area contributed by atoms with Gasteiger partial charge in [-0.15, -0.1) is 0 Å². The number of likely N-dealkylation sites (tertiary alicyclic amines) is 1. The molecule has 2 fully saturated rings.